The van der Waals surface area contributed by atoms with Crippen molar-refractivity contribution in [2.75, 3.05) is 7.11 Å². The number of hydrogen-bond acceptors (Lipinski definition) is 2. The fraction of sp³-hybridized carbons (Fsp3) is 0.625. The summed E-state index contributed by atoms with van der Waals surface area (Å²) < 4.78 is 4.58. The predicted molar refractivity (Wildman–Crippen MR) is 38.4 cm³/mol. The van der Waals surface area contributed by atoms with Gasteiger partial charge in [-0.15, -0.1) is 0 Å². The Kier molecular flexibility index (Phi) is 1.79. The van der Waals surface area contributed by atoms with Crippen LogP contribution in [0.4, 0.5) is 0 Å². The number of methoxy groups -OCH3 is 1. The molecular formula is C8H12O2. The summed E-state index contributed by atoms with van der Waals surface area (Å²) in [5.41, 5.74) is 1.04. The molecule has 2 nitrogen and oxygen atoms in total. The van der Waals surface area contributed by atoms with Crippen molar-refractivity contribution in [2.24, 2.45) is 11.8 Å². The molecule has 0 aromatic heterocycles. The van der Waals surface area contributed by atoms with Gasteiger partial charge in [0.1, 0.15) is 0 Å². The zero-order chi connectivity index (χ0) is 7.72. The lowest BCUT2D eigenvalue weighted by Gasteiger charge is -1.92. The van der Waals surface area contributed by atoms with Gasteiger partial charge in [0.25, 0.3) is 0 Å². The van der Waals surface area contributed by atoms with E-state index in [1.54, 1.807) is 0 Å². The number of carbonyl (C=O) groups excluding carboxylic acids is 1. The van der Waals surface area contributed by atoms with Gasteiger partial charge in [-0.25, -0.2) is 0 Å². The molecule has 0 spiro atoms. The minimum absolute atomic E-state index is 0.00926. The number of esters is 1. The third kappa shape index (κ3) is 0.939. The normalized spacial score (nSPS) is 30.0. The summed E-state index contributed by atoms with van der Waals surface area (Å²) in [6.45, 7) is 5.82. The Hall–Kier alpha value is -0.790. The van der Waals surface area contributed by atoms with Crippen LogP contribution in [0.1, 0.15) is 13.3 Å². The molecule has 1 aliphatic rings. The van der Waals surface area contributed by atoms with Gasteiger partial charge in [0, 0.05) is 0 Å². The van der Waals surface area contributed by atoms with Gasteiger partial charge in [0.05, 0.1) is 13.0 Å². The van der Waals surface area contributed by atoms with E-state index in [1.807, 2.05) is 0 Å². The fourth-order valence-electron chi connectivity index (χ4n) is 1.32. The molecule has 0 aromatic carbocycles. The van der Waals surface area contributed by atoms with E-state index in [1.165, 1.54) is 7.11 Å². The molecule has 1 rings (SSSR count). The molecule has 2 atom stereocenters. The molecule has 2 heteroatoms. The minimum atomic E-state index is -0.128. The van der Waals surface area contributed by atoms with Crippen molar-refractivity contribution < 1.29 is 9.53 Å². The Bertz CT molecular complexity index is 172. The highest BCUT2D eigenvalue weighted by molar-refractivity contribution is 5.81. The summed E-state index contributed by atoms with van der Waals surface area (Å²) in [7, 11) is 1.42. The molecule has 0 heterocycles. The molecule has 0 aliphatic heterocycles. The second kappa shape index (κ2) is 2.45. The van der Waals surface area contributed by atoms with Crippen LogP contribution in [0.3, 0.4) is 0 Å². The maximum Gasteiger partial charge on any atom is 0.313 e. The van der Waals surface area contributed by atoms with Crippen molar-refractivity contribution in [1.82, 2.24) is 0 Å². The highest BCUT2D eigenvalue weighted by atomic mass is 16.5. The average molecular weight is 140 g/mol. The summed E-state index contributed by atoms with van der Waals surface area (Å²) in [6, 6.07) is 0. The standard InChI is InChI=1S/C8H12O2/c1-4-6-5(2)7(6)8(9)10-3/h6-7H,2,4H2,1,3H3/t6-,7-/m0/s1. The quantitative estimate of drug-likeness (QED) is 0.427. The first-order valence-corrected chi connectivity index (χ1v) is 3.48. The van der Waals surface area contributed by atoms with E-state index in [4.69, 9.17) is 0 Å². The lowest BCUT2D eigenvalue weighted by molar-refractivity contribution is -0.142. The van der Waals surface area contributed by atoms with Crippen molar-refractivity contribution in [2.45, 2.75) is 13.3 Å². The SMILES string of the molecule is C=C1[C@H](C(=O)OC)[C@H]1CC. The Labute approximate surface area is 60.9 Å². The summed E-state index contributed by atoms with van der Waals surface area (Å²) in [5.74, 6) is 0.277. The van der Waals surface area contributed by atoms with E-state index in [2.05, 4.69) is 18.2 Å². The maximum atomic E-state index is 10.9. The van der Waals surface area contributed by atoms with Crippen LogP contribution >= 0.6 is 0 Å². The second-order valence-corrected chi connectivity index (χ2v) is 2.59. The van der Waals surface area contributed by atoms with E-state index >= 15 is 0 Å². The summed E-state index contributed by atoms with van der Waals surface area (Å²) in [6.07, 6.45) is 0.999. The van der Waals surface area contributed by atoms with Gasteiger partial charge in [0.15, 0.2) is 0 Å². The molecule has 56 valence electrons. The Morgan fingerprint density at radius 1 is 1.80 bits per heavy atom. The van der Waals surface area contributed by atoms with Crippen molar-refractivity contribution in [1.29, 1.82) is 0 Å². The van der Waals surface area contributed by atoms with E-state index in [-0.39, 0.29) is 11.9 Å². The molecule has 0 saturated heterocycles. The van der Waals surface area contributed by atoms with Gasteiger partial charge in [0.2, 0.25) is 0 Å². The molecule has 1 saturated carbocycles. The number of carbonyl (C=O) groups is 1. The highest BCUT2D eigenvalue weighted by Gasteiger charge is 2.47. The molecule has 0 aromatic rings. The molecule has 1 fully saturated rings. The van der Waals surface area contributed by atoms with Crippen molar-refractivity contribution in [3.8, 4) is 0 Å². The minimum Gasteiger partial charge on any atom is -0.469 e. The van der Waals surface area contributed by atoms with Crippen LogP contribution < -0.4 is 0 Å². The van der Waals surface area contributed by atoms with Crippen LogP contribution in [0.25, 0.3) is 0 Å². The molecule has 10 heavy (non-hydrogen) atoms. The summed E-state index contributed by atoms with van der Waals surface area (Å²) in [4.78, 5) is 10.9. The Morgan fingerprint density at radius 2 is 2.40 bits per heavy atom. The van der Waals surface area contributed by atoms with Crippen molar-refractivity contribution in [3.05, 3.63) is 12.2 Å². The predicted octanol–water partition coefficient (Wildman–Crippen LogP) is 1.37. The van der Waals surface area contributed by atoms with Crippen LogP contribution in [0.15, 0.2) is 12.2 Å². The zero-order valence-corrected chi connectivity index (χ0v) is 6.39. The third-order valence-electron chi connectivity index (χ3n) is 2.06. The van der Waals surface area contributed by atoms with Crippen LogP contribution in [0, 0.1) is 11.8 Å². The maximum absolute atomic E-state index is 10.9. The zero-order valence-electron chi connectivity index (χ0n) is 6.39. The number of ether oxygens (including phenoxy) is 1. The van der Waals surface area contributed by atoms with Crippen molar-refractivity contribution >= 4 is 5.97 Å². The van der Waals surface area contributed by atoms with Gasteiger partial charge in [-0.3, -0.25) is 4.79 Å². The molecule has 0 bridgehead atoms. The average Bonchev–Trinajstić information content (AvgIpc) is 2.59. The van der Waals surface area contributed by atoms with Gasteiger partial charge >= 0.3 is 5.97 Å². The van der Waals surface area contributed by atoms with Gasteiger partial charge < -0.3 is 4.74 Å². The smallest absolute Gasteiger partial charge is 0.313 e. The molecule has 0 unspecified atom stereocenters. The summed E-state index contributed by atoms with van der Waals surface area (Å²) in [5, 5.41) is 0. The van der Waals surface area contributed by atoms with Crippen molar-refractivity contribution in [3.63, 3.8) is 0 Å². The van der Waals surface area contributed by atoms with E-state index in [9.17, 15) is 4.79 Å². The van der Waals surface area contributed by atoms with E-state index in [0.717, 1.165) is 12.0 Å². The van der Waals surface area contributed by atoms with E-state index < -0.39 is 0 Å². The topological polar surface area (TPSA) is 26.3 Å². The molecule has 1 aliphatic carbocycles. The van der Waals surface area contributed by atoms with Crippen LogP contribution in [0.2, 0.25) is 0 Å². The second-order valence-electron chi connectivity index (χ2n) is 2.59. The lowest BCUT2D eigenvalue weighted by atomic mass is 10.2. The molecular weight excluding hydrogens is 128 g/mol. The Balaban J connectivity index is 2.48. The first kappa shape index (κ1) is 7.32. The molecule has 0 amide bonds. The lowest BCUT2D eigenvalue weighted by Crippen LogP contribution is -2.03. The summed E-state index contributed by atoms with van der Waals surface area (Å²) >= 11 is 0. The van der Waals surface area contributed by atoms with Gasteiger partial charge in [-0.05, 0) is 12.3 Å². The molecule has 0 N–H and O–H groups in total. The van der Waals surface area contributed by atoms with Crippen LogP contribution in [0.5, 0.6) is 0 Å². The van der Waals surface area contributed by atoms with Crippen LogP contribution in [-0.4, -0.2) is 13.1 Å². The largest absolute Gasteiger partial charge is 0.469 e. The number of rotatable bonds is 2. The first-order chi connectivity index (χ1) is 4.72. The monoisotopic (exact) mass is 140 g/mol. The van der Waals surface area contributed by atoms with Gasteiger partial charge in [-0.2, -0.15) is 0 Å². The third-order valence-corrected chi connectivity index (χ3v) is 2.06. The molecule has 0 radical (unpaired) electrons. The van der Waals surface area contributed by atoms with Crippen LogP contribution in [-0.2, 0) is 9.53 Å². The van der Waals surface area contributed by atoms with Gasteiger partial charge in [-0.1, -0.05) is 19.1 Å². The first-order valence-electron chi connectivity index (χ1n) is 3.48. The highest BCUT2D eigenvalue weighted by Crippen LogP contribution is 2.47. The number of hydrogen-bond donors (Lipinski definition) is 0. The fourth-order valence-corrected chi connectivity index (χ4v) is 1.32. The Morgan fingerprint density at radius 3 is 2.70 bits per heavy atom. The van der Waals surface area contributed by atoms with E-state index in [0.29, 0.717) is 5.92 Å².